The summed E-state index contributed by atoms with van der Waals surface area (Å²) in [6, 6.07) is 15.2. The zero-order valence-corrected chi connectivity index (χ0v) is 17.7. The van der Waals surface area contributed by atoms with Gasteiger partial charge in [0.2, 0.25) is 26.6 Å². The van der Waals surface area contributed by atoms with Crippen molar-refractivity contribution in [3.63, 3.8) is 0 Å². The monoisotopic (exact) mass is 432 g/mol. The van der Waals surface area contributed by atoms with Gasteiger partial charge in [-0.05, 0) is 50.2 Å². The molecule has 0 N–H and O–H groups in total. The second-order valence-electron chi connectivity index (χ2n) is 7.12. The van der Waals surface area contributed by atoms with Crippen LogP contribution in [0.1, 0.15) is 13.8 Å². The molecule has 0 spiro atoms. The maximum absolute atomic E-state index is 13.4. The van der Waals surface area contributed by atoms with Crippen LogP contribution in [0.3, 0.4) is 0 Å². The molecule has 1 saturated heterocycles. The van der Waals surface area contributed by atoms with Gasteiger partial charge in [-0.3, -0.25) is 0 Å². The fourth-order valence-electron chi connectivity index (χ4n) is 3.44. The molecule has 6 nitrogen and oxygen atoms in total. The highest BCUT2D eigenvalue weighted by atomic mass is 35.5. The lowest BCUT2D eigenvalue weighted by atomic mass is 10.2. The molecule has 4 rings (SSSR count). The van der Waals surface area contributed by atoms with E-state index in [0.717, 1.165) is 0 Å². The molecule has 3 aromatic rings. The number of nitrogens with zero attached hydrogens (tertiary/aromatic N) is 2. The van der Waals surface area contributed by atoms with Gasteiger partial charge in [-0.1, -0.05) is 29.8 Å². The van der Waals surface area contributed by atoms with Crippen LogP contribution in [0.5, 0.6) is 0 Å². The molecule has 0 unspecified atom stereocenters. The minimum atomic E-state index is -3.86. The fourth-order valence-corrected chi connectivity index (χ4v) is 4.91. The number of sulfone groups is 1. The first-order valence-corrected chi connectivity index (χ1v) is 11.2. The summed E-state index contributed by atoms with van der Waals surface area (Å²) < 4.78 is 38.5. The summed E-state index contributed by atoms with van der Waals surface area (Å²) in [4.78, 5) is 6.47. The highest BCUT2D eigenvalue weighted by molar-refractivity contribution is 7.91. The van der Waals surface area contributed by atoms with E-state index in [1.807, 2.05) is 18.7 Å². The second kappa shape index (κ2) is 7.82. The lowest BCUT2D eigenvalue weighted by Crippen LogP contribution is -2.45. The summed E-state index contributed by atoms with van der Waals surface area (Å²) in [7, 11) is -3.86. The number of ether oxygens (including phenoxy) is 1. The standard InChI is InChI=1S/C21H21ClN2O4S/c1-14-12-24(13-15(2)27-14)21-20(29(25,26)18-6-4-3-5-7-18)23-19(28-21)16-8-10-17(22)11-9-16/h3-11,14-15H,12-13H2,1-2H3/t14-,15+. The summed E-state index contributed by atoms with van der Waals surface area (Å²) in [5, 5.41) is 0.489. The van der Waals surface area contributed by atoms with Gasteiger partial charge in [0.25, 0.3) is 0 Å². The largest absolute Gasteiger partial charge is 0.419 e. The Morgan fingerprint density at radius 1 is 1.00 bits per heavy atom. The van der Waals surface area contributed by atoms with E-state index < -0.39 is 9.84 Å². The van der Waals surface area contributed by atoms with Crippen LogP contribution < -0.4 is 4.90 Å². The number of benzene rings is 2. The van der Waals surface area contributed by atoms with E-state index in [4.69, 9.17) is 20.8 Å². The predicted octanol–water partition coefficient (Wildman–Crippen LogP) is 4.44. The molecule has 1 aliphatic heterocycles. The van der Waals surface area contributed by atoms with Crippen LogP contribution in [0.4, 0.5) is 5.88 Å². The lowest BCUT2D eigenvalue weighted by Gasteiger charge is -2.35. The molecule has 0 amide bonds. The first-order chi connectivity index (χ1) is 13.8. The SMILES string of the molecule is C[C@@H]1CN(c2oc(-c3ccc(Cl)cc3)nc2S(=O)(=O)c2ccccc2)C[C@H](C)O1. The van der Waals surface area contributed by atoms with Crippen molar-refractivity contribution >= 4 is 27.3 Å². The molecule has 1 fully saturated rings. The molecule has 1 aliphatic rings. The van der Waals surface area contributed by atoms with Crippen LogP contribution in [0.2, 0.25) is 5.02 Å². The normalized spacial score (nSPS) is 20.0. The van der Waals surface area contributed by atoms with Gasteiger partial charge in [0.15, 0.2) is 0 Å². The van der Waals surface area contributed by atoms with E-state index in [-0.39, 0.29) is 33.9 Å². The molecule has 2 atom stereocenters. The molecule has 152 valence electrons. The number of anilines is 1. The van der Waals surface area contributed by atoms with Gasteiger partial charge in [0, 0.05) is 23.7 Å². The molecular weight excluding hydrogens is 412 g/mol. The Bertz CT molecular complexity index is 1090. The number of halogens is 1. The van der Waals surface area contributed by atoms with Crippen molar-refractivity contribution in [2.24, 2.45) is 0 Å². The number of hydrogen-bond acceptors (Lipinski definition) is 6. The Kier molecular flexibility index (Phi) is 5.38. The van der Waals surface area contributed by atoms with Gasteiger partial charge in [0.05, 0.1) is 17.1 Å². The van der Waals surface area contributed by atoms with E-state index in [0.29, 0.717) is 23.7 Å². The highest BCUT2D eigenvalue weighted by Crippen LogP contribution is 2.36. The lowest BCUT2D eigenvalue weighted by molar-refractivity contribution is -0.00657. The van der Waals surface area contributed by atoms with Crippen molar-refractivity contribution in [3.8, 4) is 11.5 Å². The second-order valence-corrected chi connectivity index (χ2v) is 9.42. The summed E-state index contributed by atoms with van der Waals surface area (Å²) in [6.07, 6.45) is -0.120. The first kappa shape index (κ1) is 19.9. The molecule has 29 heavy (non-hydrogen) atoms. The molecule has 8 heteroatoms. The summed E-state index contributed by atoms with van der Waals surface area (Å²) in [6.45, 7) is 4.92. The Balaban J connectivity index is 1.85. The number of oxazole rings is 1. The van der Waals surface area contributed by atoms with Gasteiger partial charge >= 0.3 is 0 Å². The quantitative estimate of drug-likeness (QED) is 0.606. The van der Waals surface area contributed by atoms with Crippen LogP contribution in [-0.4, -0.2) is 38.7 Å². The molecule has 2 heterocycles. The van der Waals surface area contributed by atoms with Crippen LogP contribution in [0, 0.1) is 0 Å². The summed E-state index contributed by atoms with van der Waals surface area (Å²) >= 11 is 5.97. The average molecular weight is 433 g/mol. The number of morpholine rings is 1. The van der Waals surface area contributed by atoms with Gasteiger partial charge in [-0.2, -0.15) is 4.98 Å². The van der Waals surface area contributed by atoms with E-state index in [2.05, 4.69) is 4.98 Å². The predicted molar refractivity (Wildman–Crippen MR) is 111 cm³/mol. The molecule has 0 bridgehead atoms. The Morgan fingerprint density at radius 3 is 2.24 bits per heavy atom. The number of hydrogen-bond donors (Lipinski definition) is 0. The minimum absolute atomic E-state index is 0.0601. The third-order valence-corrected chi connectivity index (χ3v) is 6.61. The molecule has 2 aromatic carbocycles. The third kappa shape index (κ3) is 4.03. The Hall–Kier alpha value is -2.35. The van der Waals surface area contributed by atoms with Crippen molar-refractivity contribution in [2.75, 3.05) is 18.0 Å². The summed E-state index contributed by atoms with van der Waals surface area (Å²) in [5.41, 5.74) is 0.652. The van der Waals surface area contributed by atoms with Crippen molar-refractivity contribution in [1.82, 2.24) is 4.98 Å². The Morgan fingerprint density at radius 2 is 1.62 bits per heavy atom. The van der Waals surface area contributed by atoms with Crippen LogP contribution in [0.25, 0.3) is 11.5 Å². The maximum atomic E-state index is 13.4. The van der Waals surface area contributed by atoms with Crippen molar-refractivity contribution < 1.29 is 17.6 Å². The first-order valence-electron chi connectivity index (χ1n) is 9.32. The molecule has 0 radical (unpaired) electrons. The van der Waals surface area contributed by atoms with E-state index in [1.165, 1.54) is 0 Å². The Labute approximate surface area is 175 Å². The van der Waals surface area contributed by atoms with Gasteiger partial charge < -0.3 is 14.1 Å². The zero-order valence-electron chi connectivity index (χ0n) is 16.1. The third-order valence-electron chi connectivity index (χ3n) is 4.69. The van der Waals surface area contributed by atoms with Crippen LogP contribution in [0.15, 0.2) is 68.9 Å². The molecular formula is C21H21ClN2O4S. The average Bonchev–Trinajstić information content (AvgIpc) is 3.15. The smallest absolute Gasteiger partial charge is 0.236 e. The zero-order chi connectivity index (χ0) is 20.6. The topological polar surface area (TPSA) is 72.6 Å². The van der Waals surface area contributed by atoms with Crippen LogP contribution in [-0.2, 0) is 14.6 Å². The number of aromatic nitrogens is 1. The van der Waals surface area contributed by atoms with Gasteiger partial charge in [-0.25, -0.2) is 8.42 Å². The molecule has 0 aliphatic carbocycles. The van der Waals surface area contributed by atoms with Crippen molar-refractivity contribution in [2.45, 2.75) is 36.0 Å². The van der Waals surface area contributed by atoms with Crippen LogP contribution >= 0.6 is 11.6 Å². The van der Waals surface area contributed by atoms with Gasteiger partial charge in [-0.15, -0.1) is 0 Å². The van der Waals surface area contributed by atoms with E-state index >= 15 is 0 Å². The minimum Gasteiger partial charge on any atom is -0.419 e. The summed E-state index contributed by atoms with van der Waals surface area (Å²) in [5.74, 6) is 0.471. The van der Waals surface area contributed by atoms with Gasteiger partial charge in [0.1, 0.15) is 0 Å². The highest BCUT2D eigenvalue weighted by Gasteiger charge is 2.34. The fraction of sp³-hybridized carbons (Fsp3) is 0.286. The van der Waals surface area contributed by atoms with Crippen molar-refractivity contribution in [3.05, 3.63) is 59.6 Å². The molecule has 0 saturated carbocycles. The molecule has 1 aromatic heterocycles. The number of rotatable bonds is 4. The van der Waals surface area contributed by atoms with E-state index in [1.54, 1.807) is 54.6 Å². The van der Waals surface area contributed by atoms with E-state index in [9.17, 15) is 8.42 Å². The maximum Gasteiger partial charge on any atom is 0.236 e. The van der Waals surface area contributed by atoms with Crippen molar-refractivity contribution in [1.29, 1.82) is 0 Å².